The van der Waals surface area contributed by atoms with Gasteiger partial charge in [-0.2, -0.15) is 0 Å². The Balaban J connectivity index is 1.88. The van der Waals surface area contributed by atoms with Crippen LogP contribution in [0, 0.1) is 25.2 Å². The second-order valence-corrected chi connectivity index (χ2v) is 9.63. The quantitative estimate of drug-likeness (QED) is 0.223. The van der Waals surface area contributed by atoms with Crippen molar-refractivity contribution in [3.05, 3.63) is 106 Å². The molecule has 0 fully saturated rings. The largest absolute Gasteiger partial charge is 0.490 e. The standard InChI is InChI=1S/C31H33FN2O4/c1-20(2)15-29(24-11-13-28(32)21(3)16-24)34-31(36)27-17-22(9-10-23(27)12-14-30(35)37-5)19-38-26-8-6-7-25(18-26)33-4/h6-11,13,16-18,20,29H,12,14-15,19H2,1-3,5H3,(H,34,36). The Kier molecular flexibility index (Phi) is 10.0. The Hall–Kier alpha value is -4.18. The first-order valence-electron chi connectivity index (χ1n) is 12.6. The maximum Gasteiger partial charge on any atom is 0.305 e. The number of halogens is 1. The Bertz CT molecular complexity index is 1330. The van der Waals surface area contributed by atoms with E-state index in [9.17, 15) is 14.0 Å². The van der Waals surface area contributed by atoms with E-state index >= 15 is 0 Å². The second-order valence-electron chi connectivity index (χ2n) is 9.63. The van der Waals surface area contributed by atoms with E-state index in [1.165, 1.54) is 13.2 Å². The number of aryl methyl sites for hydroxylation is 2. The molecule has 0 heterocycles. The summed E-state index contributed by atoms with van der Waals surface area (Å²) >= 11 is 0. The van der Waals surface area contributed by atoms with E-state index < -0.39 is 0 Å². The maximum absolute atomic E-state index is 13.9. The van der Waals surface area contributed by atoms with Gasteiger partial charge in [0.15, 0.2) is 5.69 Å². The Morgan fingerprint density at radius 2 is 1.87 bits per heavy atom. The van der Waals surface area contributed by atoms with Gasteiger partial charge >= 0.3 is 5.97 Å². The lowest BCUT2D eigenvalue weighted by Gasteiger charge is -2.23. The highest BCUT2D eigenvalue weighted by molar-refractivity contribution is 5.96. The van der Waals surface area contributed by atoms with Crippen molar-refractivity contribution in [3.8, 4) is 5.75 Å². The molecule has 3 aromatic carbocycles. The Morgan fingerprint density at radius 1 is 1.08 bits per heavy atom. The zero-order valence-electron chi connectivity index (χ0n) is 22.2. The third kappa shape index (κ3) is 7.91. The molecule has 0 spiro atoms. The number of hydrogen-bond acceptors (Lipinski definition) is 4. The molecule has 7 heteroatoms. The summed E-state index contributed by atoms with van der Waals surface area (Å²) in [6.07, 6.45) is 1.16. The van der Waals surface area contributed by atoms with Crippen LogP contribution in [-0.2, 0) is 22.6 Å². The van der Waals surface area contributed by atoms with Crippen LogP contribution in [0.1, 0.15) is 65.3 Å². The summed E-state index contributed by atoms with van der Waals surface area (Å²) in [4.78, 5) is 28.8. The van der Waals surface area contributed by atoms with Crippen molar-refractivity contribution in [3.63, 3.8) is 0 Å². The van der Waals surface area contributed by atoms with E-state index in [2.05, 4.69) is 24.0 Å². The van der Waals surface area contributed by atoms with Gasteiger partial charge in [-0.25, -0.2) is 9.24 Å². The molecule has 0 bridgehead atoms. The van der Waals surface area contributed by atoms with Gasteiger partial charge in [0.05, 0.1) is 19.7 Å². The first-order chi connectivity index (χ1) is 18.2. The predicted octanol–water partition coefficient (Wildman–Crippen LogP) is 6.89. The SMILES string of the molecule is [C-]#[N+]c1cccc(OCc2ccc(CCC(=O)OC)c(C(=O)NC(CC(C)C)c3ccc(F)c(C)c3)c2)c1. The fourth-order valence-electron chi connectivity index (χ4n) is 4.16. The van der Waals surface area contributed by atoms with Gasteiger partial charge in [0.2, 0.25) is 0 Å². The van der Waals surface area contributed by atoms with Gasteiger partial charge in [-0.1, -0.05) is 50.2 Å². The lowest BCUT2D eigenvalue weighted by atomic mass is 9.94. The van der Waals surface area contributed by atoms with Gasteiger partial charge in [0, 0.05) is 12.0 Å². The summed E-state index contributed by atoms with van der Waals surface area (Å²) in [5, 5.41) is 3.13. The smallest absolute Gasteiger partial charge is 0.305 e. The molecule has 0 aliphatic rings. The maximum atomic E-state index is 13.9. The highest BCUT2D eigenvalue weighted by atomic mass is 19.1. The van der Waals surface area contributed by atoms with E-state index in [0.29, 0.717) is 41.0 Å². The molecular formula is C31H33FN2O4. The number of ether oxygens (including phenoxy) is 2. The number of nitrogens with one attached hydrogen (secondary N) is 1. The van der Waals surface area contributed by atoms with Crippen LogP contribution in [-0.4, -0.2) is 19.0 Å². The number of hydrogen-bond donors (Lipinski definition) is 1. The predicted molar refractivity (Wildman–Crippen MR) is 145 cm³/mol. The molecule has 6 nitrogen and oxygen atoms in total. The number of amides is 1. The van der Waals surface area contributed by atoms with Crippen molar-refractivity contribution in [1.82, 2.24) is 5.32 Å². The number of esters is 1. The summed E-state index contributed by atoms with van der Waals surface area (Å²) < 4.78 is 24.6. The van der Waals surface area contributed by atoms with Crippen LogP contribution in [0.25, 0.3) is 4.85 Å². The zero-order chi connectivity index (χ0) is 27.7. The lowest BCUT2D eigenvalue weighted by Crippen LogP contribution is -2.30. The van der Waals surface area contributed by atoms with Crippen LogP contribution in [0.3, 0.4) is 0 Å². The minimum Gasteiger partial charge on any atom is -0.490 e. The average molecular weight is 517 g/mol. The number of rotatable bonds is 11. The molecule has 0 saturated carbocycles. The van der Waals surface area contributed by atoms with Crippen LogP contribution < -0.4 is 10.1 Å². The monoisotopic (exact) mass is 516 g/mol. The zero-order valence-corrected chi connectivity index (χ0v) is 22.2. The number of benzene rings is 3. The number of carbonyl (C=O) groups is 2. The molecular weight excluding hydrogens is 483 g/mol. The number of methoxy groups -OCH3 is 1. The summed E-state index contributed by atoms with van der Waals surface area (Å²) in [6, 6.07) is 16.9. The third-order valence-corrected chi connectivity index (χ3v) is 6.19. The van der Waals surface area contributed by atoms with Crippen molar-refractivity contribution in [2.24, 2.45) is 5.92 Å². The van der Waals surface area contributed by atoms with E-state index in [0.717, 1.165) is 11.1 Å². The van der Waals surface area contributed by atoms with Gasteiger partial charge in [0.1, 0.15) is 18.2 Å². The van der Waals surface area contributed by atoms with Crippen molar-refractivity contribution >= 4 is 17.6 Å². The summed E-state index contributed by atoms with van der Waals surface area (Å²) in [7, 11) is 1.33. The fourth-order valence-corrected chi connectivity index (χ4v) is 4.16. The molecule has 0 saturated heterocycles. The molecule has 0 aliphatic carbocycles. The van der Waals surface area contributed by atoms with E-state index in [-0.39, 0.29) is 42.7 Å². The molecule has 1 atom stereocenters. The van der Waals surface area contributed by atoms with E-state index in [4.69, 9.17) is 16.0 Å². The first kappa shape index (κ1) is 28.4. The fraction of sp³-hybridized carbons (Fsp3) is 0.323. The van der Waals surface area contributed by atoms with Crippen LogP contribution in [0.2, 0.25) is 0 Å². The van der Waals surface area contributed by atoms with Gasteiger partial charge in [-0.3, -0.25) is 9.59 Å². The molecule has 0 aliphatic heterocycles. The molecule has 198 valence electrons. The Labute approximate surface area is 223 Å². The summed E-state index contributed by atoms with van der Waals surface area (Å²) in [5.74, 6) is -0.0845. The molecule has 3 aromatic rings. The Morgan fingerprint density at radius 3 is 2.55 bits per heavy atom. The van der Waals surface area contributed by atoms with Crippen molar-refractivity contribution < 1.29 is 23.5 Å². The normalized spacial score (nSPS) is 11.5. The number of nitrogens with zero attached hydrogens (tertiary/aromatic N) is 1. The molecule has 1 unspecified atom stereocenters. The van der Waals surface area contributed by atoms with E-state index in [1.54, 1.807) is 49.4 Å². The van der Waals surface area contributed by atoms with Crippen molar-refractivity contribution in [2.75, 3.05) is 7.11 Å². The second kappa shape index (κ2) is 13.4. The van der Waals surface area contributed by atoms with Crippen LogP contribution >= 0.6 is 0 Å². The van der Waals surface area contributed by atoms with E-state index in [1.807, 2.05) is 12.1 Å². The molecule has 0 aromatic heterocycles. The highest BCUT2D eigenvalue weighted by Crippen LogP contribution is 2.26. The molecule has 0 radical (unpaired) electrons. The van der Waals surface area contributed by atoms with Gasteiger partial charge in [-0.05, 0) is 72.2 Å². The summed E-state index contributed by atoms with van der Waals surface area (Å²) in [5.41, 5.74) is 3.76. The van der Waals surface area contributed by atoms with Crippen LogP contribution in [0.15, 0.2) is 60.7 Å². The van der Waals surface area contributed by atoms with Gasteiger partial charge < -0.3 is 14.8 Å². The minimum absolute atomic E-state index is 0.141. The average Bonchev–Trinajstić information content (AvgIpc) is 2.91. The lowest BCUT2D eigenvalue weighted by molar-refractivity contribution is -0.140. The highest BCUT2D eigenvalue weighted by Gasteiger charge is 2.21. The minimum atomic E-state index is -0.358. The third-order valence-electron chi connectivity index (χ3n) is 6.19. The van der Waals surface area contributed by atoms with Crippen molar-refractivity contribution in [2.45, 2.75) is 52.7 Å². The van der Waals surface area contributed by atoms with Gasteiger partial charge in [-0.15, -0.1) is 0 Å². The van der Waals surface area contributed by atoms with Crippen LogP contribution in [0.5, 0.6) is 5.75 Å². The molecule has 1 N–H and O–H groups in total. The van der Waals surface area contributed by atoms with Crippen molar-refractivity contribution in [1.29, 1.82) is 0 Å². The summed E-state index contributed by atoms with van der Waals surface area (Å²) in [6.45, 7) is 13.2. The molecule has 3 rings (SSSR count). The molecule has 38 heavy (non-hydrogen) atoms. The van der Waals surface area contributed by atoms with Crippen LogP contribution in [0.4, 0.5) is 10.1 Å². The molecule has 1 amide bonds. The first-order valence-corrected chi connectivity index (χ1v) is 12.6. The van der Waals surface area contributed by atoms with Gasteiger partial charge in [0.25, 0.3) is 5.91 Å². The topological polar surface area (TPSA) is 69.0 Å². The number of carbonyl (C=O) groups excluding carboxylic acids is 2.